The Morgan fingerprint density at radius 2 is 1.30 bits per heavy atom. The smallest absolute Gasteiger partial charge is 0.350 e. The molecule has 0 unspecified atom stereocenters. The summed E-state index contributed by atoms with van der Waals surface area (Å²) in [5.41, 5.74) is 1.59. The number of hydrogen-bond acceptors (Lipinski definition) is 9. The minimum atomic E-state index is -1.07. The second kappa shape index (κ2) is 9.40. The lowest BCUT2D eigenvalue weighted by molar-refractivity contribution is -0.387. The predicted octanol–water partition coefficient (Wildman–Crippen LogP) is -2.24. The highest BCUT2D eigenvalue weighted by Crippen LogP contribution is 1.98. The number of carbonyl (C=O) groups excluding carboxylic acids is 2. The second-order valence-electron chi connectivity index (χ2n) is 6.33. The van der Waals surface area contributed by atoms with Crippen LogP contribution in [0.25, 0.3) is 0 Å². The summed E-state index contributed by atoms with van der Waals surface area (Å²) in [6.45, 7) is 1.78. The zero-order valence-corrected chi connectivity index (χ0v) is 16.6. The number of aryl methyl sites for hydroxylation is 2. The molecule has 0 aliphatic heterocycles. The lowest BCUT2D eigenvalue weighted by Crippen LogP contribution is -2.41. The maximum atomic E-state index is 11.5. The van der Waals surface area contributed by atoms with Crippen molar-refractivity contribution >= 4 is 22.9 Å². The van der Waals surface area contributed by atoms with Crippen molar-refractivity contribution in [1.82, 2.24) is 18.3 Å². The van der Waals surface area contributed by atoms with Crippen LogP contribution in [0, 0.1) is 10.1 Å². The number of nitrogen functional groups attached to an aromatic ring is 1. The normalized spacial score (nSPS) is 10.1. The standard InChI is InChI=1S/C8H9N3O5.C8H11N3O3/c1-5(12)3-10-7(13)6(11(15)16)4-9(2)8(10)14;1-5(12)3-11-7(13)6(9)4-10(2)8(11)14/h4H,3H2,1-2H3;4H,3,9H2,1-2H3. The summed E-state index contributed by atoms with van der Waals surface area (Å²) in [4.78, 5) is 76.9. The second-order valence-corrected chi connectivity index (χ2v) is 6.33. The van der Waals surface area contributed by atoms with Crippen LogP contribution in [-0.2, 0) is 36.8 Å². The molecule has 2 aromatic heterocycles. The van der Waals surface area contributed by atoms with E-state index in [1.165, 1.54) is 38.7 Å². The number of nitro groups is 1. The van der Waals surface area contributed by atoms with Crippen LogP contribution in [-0.4, -0.2) is 34.8 Å². The SMILES string of the molecule is CC(=O)Cn1c(=O)c(N)cn(C)c1=O.CC(=O)Cn1c(=O)c([N+](=O)[O-])cn(C)c1=O. The van der Waals surface area contributed by atoms with Crippen LogP contribution in [0.4, 0.5) is 11.4 Å². The highest BCUT2D eigenvalue weighted by atomic mass is 16.6. The van der Waals surface area contributed by atoms with Crippen molar-refractivity contribution in [3.63, 3.8) is 0 Å². The summed E-state index contributed by atoms with van der Waals surface area (Å²) >= 11 is 0. The number of nitrogens with two attached hydrogens (primary N) is 1. The third kappa shape index (κ3) is 5.46. The van der Waals surface area contributed by atoms with Gasteiger partial charge in [-0.25, -0.2) is 14.2 Å². The predicted molar refractivity (Wildman–Crippen MR) is 104 cm³/mol. The zero-order valence-electron chi connectivity index (χ0n) is 16.6. The van der Waals surface area contributed by atoms with Gasteiger partial charge in [0.1, 0.15) is 17.3 Å². The summed E-state index contributed by atoms with van der Waals surface area (Å²) in [7, 11) is 2.74. The van der Waals surface area contributed by atoms with E-state index in [4.69, 9.17) is 5.73 Å². The number of aromatic nitrogens is 4. The van der Waals surface area contributed by atoms with E-state index in [2.05, 4.69) is 0 Å². The van der Waals surface area contributed by atoms with E-state index in [0.717, 1.165) is 15.3 Å². The van der Waals surface area contributed by atoms with Gasteiger partial charge in [0.25, 0.3) is 5.56 Å². The fraction of sp³-hybridized carbons (Fsp3) is 0.375. The molecule has 2 rings (SSSR count). The van der Waals surface area contributed by atoms with Gasteiger partial charge in [-0.05, 0) is 13.8 Å². The number of Topliss-reactive ketones (excluding diaryl/α,β-unsaturated/α-hetero) is 2. The molecule has 14 heteroatoms. The molecule has 2 N–H and O–H groups in total. The molecule has 0 saturated heterocycles. The number of carbonyl (C=O) groups is 2. The van der Waals surface area contributed by atoms with Crippen molar-refractivity contribution in [2.75, 3.05) is 5.73 Å². The number of ketones is 2. The van der Waals surface area contributed by atoms with Crippen molar-refractivity contribution in [2.45, 2.75) is 26.9 Å². The van der Waals surface area contributed by atoms with Crippen molar-refractivity contribution in [3.8, 4) is 0 Å². The van der Waals surface area contributed by atoms with Gasteiger partial charge in [0.15, 0.2) is 0 Å². The minimum Gasteiger partial charge on any atom is -0.393 e. The topological polar surface area (TPSA) is 191 Å². The van der Waals surface area contributed by atoms with Crippen LogP contribution in [0.15, 0.2) is 31.6 Å². The molecule has 0 aliphatic carbocycles. The molecule has 0 aliphatic rings. The van der Waals surface area contributed by atoms with E-state index in [1.54, 1.807) is 0 Å². The summed E-state index contributed by atoms with van der Waals surface area (Å²) in [6, 6.07) is 0. The molecule has 162 valence electrons. The molecule has 0 amide bonds. The first-order valence-corrected chi connectivity index (χ1v) is 8.27. The molecule has 0 radical (unpaired) electrons. The first-order chi connectivity index (χ1) is 13.8. The Hall–Kier alpha value is -4.10. The summed E-state index contributed by atoms with van der Waals surface area (Å²) in [5.74, 6) is -0.700. The van der Waals surface area contributed by atoms with E-state index in [9.17, 15) is 38.9 Å². The van der Waals surface area contributed by atoms with Gasteiger partial charge in [-0.1, -0.05) is 0 Å². The quantitative estimate of drug-likeness (QED) is 0.408. The van der Waals surface area contributed by atoms with Gasteiger partial charge < -0.3 is 10.3 Å². The molecule has 2 aromatic rings. The average Bonchev–Trinajstić information content (AvgIpc) is 2.63. The van der Waals surface area contributed by atoms with E-state index in [0.29, 0.717) is 4.57 Å². The monoisotopic (exact) mass is 424 g/mol. The molecule has 0 aromatic carbocycles. The maximum absolute atomic E-state index is 11.5. The van der Waals surface area contributed by atoms with Crippen LogP contribution in [0.1, 0.15) is 13.8 Å². The Morgan fingerprint density at radius 3 is 1.70 bits per heavy atom. The van der Waals surface area contributed by atoms with Crippen LogP contribution >= 0.6 is 0 Å². The first kappa shape index (κ1) is 23.9. The average molecular weight is 424 g/mol. The lowest BCUT2D eigenvalue weighted by atomic mass is 10.4. The van der Waals surface area contributed by atoms with Crippen molar-refractivity contribution in [1.29, 1.82) is 0 Å². The zero-order chi connectivity index (χ0) is 23.3. The number of hydrogen-bond donors (Lipinski definition) is 1. The third-order valence-electron chi connectivity index (χ3n) is 3.63. The number of anilines is 1. The fourth-order valence-electron chi connectivity index (χ4n) is 2.31. The highest BCUT2D eigenvalue weighted by Gasteiger charge is 2.19. The van der Waals surface area contributed by atoms with Crippen LogP contribution < -0.4 is 28.2 Å². The highest BCUT2D eigenvalue weighted by molar-refractivity contribution is 5.75. The van der Waals surface area contributed by atoms with Gasteiger partial charge >= 0.3 is 22.6 Å². The Morgan fingerprint density at radius 1 is 0.900 bits per heavy atom. The Bertz CT molecular complexity index is 1210. The van der Waals surface area contributed by atoms with Crippen LogP contribution in [0.3, 0.4) is 0 Å². The first-order valence-electron chi connectivity index (χ1n) is 8.27. The molecular weight excluding hydrogens is 404 g/mol. The number of rotatable bonds is 5. The molecule has 0 fully saturated rings. The van der Waals surface area contributed by atoms with Gasteiger partial charge in [0, 0.05) is 20.3 Å². The molecular formula is C16H20N6O8. The molecule has 2 heterocycles. The molecule has 14 nitrogen and oxygen atoms in total. The lowest BCUT2D eigenvalue weighted by Gasteiger charge is -2.05. The maximum Gasteiger partial charge on any atom is 0.350 e. The Balaban J connectivity index is 0.000000303. The summed E-state index contributed by atoms with van der Waals surface area (Å²) < 4.78 is 3.42. The molecule has 0 bridgehead atoms. The largest absolute Gasteiger partial charge is 0.393 e. The minimum absolute atomic E-state index is 0.0478. The van der Waals surface area contributed by atoms with Gasteiger partial charge in [-0.2, -0.15) is 0 Å². The van der Waals surface area contributed by atoms with E-state index in [-0.39, 0.29) is 18.0 Å². The summed E-state index contributed by atoms with van der Waals surface area (Å²) in [5, 5.41) is 10.5. The van der Waals surface area contributed by atoms with Crippen LogP contribution in [0.5, 0.6) is 0 Å². The Kier molecular flexibility index (Phi) is 7.50. The van der Waals surface area contributed by atoms with Gasteiger partial charge in [0.2, 0.25) is 0 Å². The molecule has 0 spiro atoms. The Labute approximate surface area is 167 Å². The van der Waals surface area contributed by atoms with Gasteiger partial charge in [-0.15, -0.1) is 0 Å². The van der Waals surface area contributed by atoms with Crippen molar-refractivity contribution in [2.24, 2.45) is 14.1 Å². The van der Waals surface area contributed by atoms with Crippen LogP contribution in [0.2, 0.25) is 0 Å². The van der Waals surface area contributed by atoms with Gasteiger partial charge in [0.05, 0.1) is 24.2 Å². The molecule has 30 heavy (non-hydrogen) atoms. The molecule has 0 atom stereocenters. The fourth-order valence-corrected chi connectivity index (χ4v) is 2.31. The van der Waals surface area contributed by atoms with E-state index >= 15 is 0 Å². The van der Waals surface area contributed by atoms with E-state index < -0.39 is 45.4 Å². The van der Waals surface area contributed by atoms with E-state index in [1.807, 2.05) is 0 Å². The van der Waals surface area contributed by atoms with Gasteiger partial charge in [-0.3, -0.25) is 38.4 Å². The molecule has 0 saturated carbocycles. The van der Waals surface area contributed by atoms with Crippen molar-refractivity contribution < 1.29 is 14.5 Å². The summed E-state index contributed by atoms with van der Waals surface area (Å²) in [6.07, 6.45) is 2.07. The van der Waals surface area contributed by atoms with Crippen molar-refractivity contribution in [3.05, 3.63) is 64.2 Å². The number of nitrogens with zero attached hydrogens (tertiary/aromatic N) is 5. The third-order valence-corrected chi connectivity index (χ3v) is 3.63.